The maximum Gasteiger partial charge on any atom is 0.408 e. The zero-order valence-electron chi connectivity index (χ0n) is 12.8. The van der Waals surface area contributed by atoms with Crippen LogP contribution in [0.3, 0.4) is 0 Å². The SMILES string of the molecule is Cc1ccc(C[C@H]2CCNC2CNC(=O)OCN)cc1C. The number of hydrogen-bond acceptors (Lipinski definition) is 4. The molecule has 0 spiro atoms. The lowest BCUT2D eigenvalue weighted by molar-refractivity contribution is 0.147. The van der Waals surface area contributed by atoms with Gasteiger partial charge in [0.2, 0.25) is 0 Å². The highest BCUT2D eigenvalue weighted by Gasteiger charge is 2.27. The Kier molecular flexibility index (Phi) is 5.59. The van der Waals surface area contributed by atoms with Crippen molar-refractivity contribution >= 4 is 6.09 Å². The normalized spacial score (nSPS) is 21.3. The lowest BCUT2D eigenvalue weighted by Gasteiger charge is -2.20. The van der Waals surface area contributed by atoms with E-state index in [-0.39, 0.29) is 12.8 Å². The second kappa shape index (κ2) is 7.43. The smallest absolute Gasteiger partial charge is 0.408 e. The third-order valence-electron chi connectivity index (χ3n) is 4.24. The van der Waals surface area contributed by atoms with Crippen molar-refractivity contribution in [2.45, 2.75) is 32.7 Å². The zero-order valence-corrected chi connectivity index (χ0v) is 12.8. The van der Waals surface area contributed by atoms with E-state index in [1.807, 2.05) is 0 Å². The summed E-state index contributed by atoms with van der Waals surface area (Å²) in [6, 6.07) is 6.94. The fraction of sp³-hybridized carbons (Fsp3) is 0.562. The Morgan fingerprint density at radius 1 is 1.43 bits per heavy atom. The third-order valence-corrected chi connectivity index (χ3v) is 4.24. The minimum absolute atomic E-state index is 0.0873. The van der Waals surface area contributed by atoms with Gasteiger partial charge in [-0.15, -0.1) is 0 Å². The van der Waals surface area contributed by atoms with Crippen molar-refractivity contribution in [1.29, 1.82) is 0 Å². The molecule has 5 heteroatoms. The van der Waals surface area contributed by atoms with Crippen LogP contribution < -0.4 is 16.4 Å². The van der Waals surface area contributed by atoms with E-state index in [0.29, 0.717) is 12.5 Å². The molecule has 1 saturated heterocycles. The second-order valence-electron chi connectivity index (χ2n) is 5.71. The average molecular weight is 291 g/mol. The standard InChI is InChI=1S/C16H25N3O2/c1-11-3-4-13(7-12(11)2)8-14-5-6-18-15(14)9-19-16(20)21-10-17/h3-4,7,14-15,18H,5-6,8-10,17H2,1-2H3,(H,19,20)/t14-,15?/m1/s1. The molecule has 0 bridgehead atoms. The second-order valence-corrected chi connectivity index (χ2v) is 5.71. The van der Waals surface area contributed by atoms with Gasteiger partial charge < -0.3 is 15.4 Å². The molecule has 116 valence electrons. The van der Waals surface area contributed by atoms with Crippen LogP contribution in [0.1, 0.15) is 23.1 Å². The number of carbonyl (C=O) groups excluding carboxylic acids is 1. The summed E-state index contributed by atoms with van der Waals surface area (Å²) in [5, 5.41) is 6.21. The van der Waals surface area contributed by atoms with E-state index >= 15 is 0 Å². The Bertz CT molecular complexity index is 490. The number of aryl methyl sites for hydroxylation is 2. The van der Waals surface area contributed by atoms with Crippen LogP contribution >= 0.6 is 0 Å². The predicted molar refractivity (Wildman–Crippen MR) is 83.1 cm³/mol. The van der Waals surface area contributed by atoms with Crippen molar-refractivity contribution in [3.63, 3.8) is 0 Å². The number of nitrogens with two attached hydrogens (primary N) is 1. The molecule has 1 aromatic rings. The van der Waals surface area contributed by atoms with Gasteiger partial charge in [0.25, 0.3) is 0 Å². The van der Waals surface area contributed by atoms with Crippen molar-refractivity contribution in [2.75, 3.05) is 19.8 Å². The molecule has 1 heterocycles. The Balaban J connectivity index is 1.89. The first-order valence-electron chi connectivity index (χ1n) is 7.50. The van der Waals surface area contributed by atoms with Gasteiger partial charge in [-0.05, 0) is 55.8 Å². The van der Waals surface area contributed by atoms with Gasteiger partial charge in [0, 0.05) is 12.6 Å². The Morgan fingerprint density at radius 2 is 2.24 bits per heavy atom. The molecular weight excluding hydrogens is 266 g/mol. The molecule has 1 aliphatic heterocycles. The minimum Gasteiger partial charge on any atom is -0.434 e. The van der Waals surface area contributed by atoms with E-state index in [4.69, 9.17) is 5.73 Å². The molecule has 21 heavy (non-hydrogen) atoms. The molecule has 1 fully saturated rings. The Hall–Kier alpha value is -1.59. The Labute approximate surface area is 126 Å². The largest absolute Gasteiger partial charge is 0.434 e. The van der Waals surface area contributed by atoms with Crippen molar-refractivity contribution in [2.24, 2.45) is 11.7 Å². The van der Waals surface area contributed by atoms with Crippen molar-refractivity contribution < 1.29 is 9.53 Å². The van der Waals surface area contributed by atoms with Crippen LogP contribution in [0.25, 0.3) is 0 Å². The summed E-state index contributed by atoms with van der Waals surface area (Å²) in [4.78, 5) is 11.3. The number of amides is 1. The molecule has 1 aromatic carbocycles. The number of nitrogens with one attached hydrogen (secondary N) is 2. The quantitative estimate of drug-likeness (QED) is 0.718. The molecule has 0 aromatic heterocycles. The number of rotatable bonds is 5. The van der Waals surface area contributed by atoms with E-state index < -0.39 is 6.09 Å². The molecule has 1 aliphatic rings. The van der Waals surface area contributed by atoms with Crippen LogP contribution in [0.5, 0.6) is 0 Å². The highest BCUT2D eigenvalue weighted by molar-refractivity contribution is 5.67. The predicted octanol–water partition coefficient (Wildman–Crippen LogP) is 1.47. The molecule has 0 radical (unpaired) electrons. The summed E-state index contributed by atoms with van der Waals surface area (Å²) in [6.07, 6.45) is 1.72. The lowest BCUT2D eigenvalue weighted by Crippen LogP contribution is -2.41. The third kappa shape index (κ3) is 4.44. The number of benzene rings is 1. The van der Waals surface area contributed by atoms with E-state index in [2.05, 4.69) is 47.4 Å². The first-order chi connectivity index (χ1) is 10.1. The van der Waals surface area contributed by atoms with Gasteiger partial charge in [0.1, 0.15) is 6.73 Å². The fourth-order valence-electron chi connectivity index (χ4n) is 2.86. The van der Waals surface area contributed by atoms with Gasteiger partial charge in [0.05, 0.1) is 0 Å². The number of carbonyl (C=O) groups is 1. The highest BCUT2D eigenvalue weighted by atomic mass is 16.6. The average Bonchev–Trinajstić information content (AvgIpc) is 2.88. The van der Waals surface area contributed by atoms with Crippen LogP contribution in [0.4, 0.5) is 4.79 Å². The van der Waals surface area contributed by atoms with Gasteiger partial charge in [-0.25, -0.2) is 4.79 Å². The molecule has 1 amide bonds. The summed E-state index contributed by atoms with van der Waals surface area (Å²) >= 11 is 0. The molecule has 2 rings (SSSR count). The fourth-order valence-corrected chi connectivity index (χ4v) is 2.86. The lowest BCUT2D eigenvalue weighted by atomic mass is 9.91. The molecule has 2 atom stereocenters. The number of ether oxygens (including phenoxy) is 1. The number of hydrogen-bond donors (Lipinski definition) is 3. The van der Waals surface area contributed by atoms with Crippen molar-refractivity contribution in [3.8, 4) is 0 Å². The molecule has 4 N–H and O–H groups in total. The van der Waals surface area contributed by atoms with Crippen LogP contribution in [0, 0.1) is 19.8 Å². The topological polar surface area (TPSA) is 76.4 Å². The molecule has 1 unspecified atom stereocenters. The van der Waals surface area contributed by atoms with E-state index in [1.54, 1.807) is 0 Å². The first kappa shape index (κ1) is 15.8. The van der Waals surface area contributed by atoms with Gasteiger partial charge in [-0.1, -0.05) is 18.2 Å². The summed E-state index contributed by atoms with van der Waals surface area (Å²) in [5.74, 6) is 0.533. The minimum atomic E-state index is -0.448. The number of alkyl carbamates (subject to hydrolysis) is 1. The highest BCUT2D eigenvalue weighted by Crippen LogP contribution is 2.22. The van der Waals surface area contributed by atoms with Crippen LogP contribution in [0.15, 0.2) is 18.2 Å². The van der Waals surface area contributed by atoms with Crippen LogP contribution in [0.2, 0.25) is 0 Å². The first-order valence-corrected chi connectivity index (χ1v) is 7.50. The van der Waals surface area contributed by atoms with Crippen LogP contribution in [-0.2, 0) is 11.2 Å². The molecule has 0 saturated carbocycles. The maximum atomic E-state index is 11.3. The molecule has 0 aliphatic carbocycles. The summed E-state index contributed by atoms with van der Waals surface area (Å²) < 4.78 is 4.68. The zero-order chi connectivity index (χ0) is 15.2. The van der Waals surface area contributed by atoms with Gasteiger partial charge in [-0.2, -0.15) is 0 Å². The monoisotopic (exact) mass is 291 g/mol. The van der Waals surface area contributed by atoms with E-state index in [1.165, 1.54) is 16.7 Å². The maximum absolute atomic E-state index is 11.3. The summed E-state index contributed by atoms with van der Waals surface area (Å²) in [5.41, 5.74) is 9.19. The van der Waals surface area contributed by atoms with E-state index in [0.717, 1.165) is 19.4 Å². The molecule has 5 nitrogen and oxygen atoms in total. The summed E-state index contributed by atoms with van der Waals surface area (Å²) in [6.45, 7) is 5.76. The van der Waals surface area contributed by atoms with Crippen LogP contribution in [-0.4, -0.2) is 32.0 Å². The Morgan fingerprint density at radius 3 is 2.95 bits per heavy atom. The molecular formula is C16H25N3O2. The van der Waals surface area contributed by atoms with Gasteiger partial charge in [-0.3, -0.25) is 5.73 Å². The van der Waals surface area contributed by atoms with Crippen molar-refractivity contribution in [3.05, 3.63) is 34.9 Å². The van der Waals surface area contributed by atoms with Gasteiger partial charge in [0.15, 0.2) is 0 Å². The van der Waals surface area contributed by atoms with Crippen molar-refractivity contribution in [1.82, 2.24) is 10.6 Å². The van der Waals surface area contributed by atoms with E-state index in [9.17, 15) is 4.79 Å². The van der Waals surface area contributed by atoms with Gasteiger partial charge >= 0.3 is 6.09 Å². The summed E-state index contributed by atoms with van der Waals surface area (Å²) in [7, 11) is 0.